The molecular weight excluding hydrogens is 507 g/mol. The van der Waals surface area contributed by atoms with Crippen molar-refractivity contribution < 1.29 is 4.74 Å². The average molecular weight is 539 g/mol. The van der Waals surface area contributed by atoms with Crippen LogP contribution >= 0.6 is 7.92 Å². The Labute approximate surface area is 236 Å². The van der Waals surface area contributed by atoms with Crippen LogP contribution in [0.25, 0.3) is 32.8 Å². The molecule has 196 valence electrons. The van der Waals surface area contributed by atoms with Crippen molar-refractivity contribution in [2.24, 2.45) is 0 Å². The van der Waals surface area contributed by atoms with Gasteiger partial charge in [0.1, 0.15) is 11.8 Å². The minimum Gasteiger partial charge on any atom is -0.473 e. The standard InChI is InChI=1S/C36H31N2OP/c1-4-15-27(16-5-1)39-36-32-23-13-12-22-31(32)35(37-38-36)34-30-21-11-10-14-26(30)24-25-33(34)40(28-17-6-2-7-18-28)29-19-8-3-9-20-29/h2-3,6-14,17-25,27H,1,4-5,15-16H2. The van der Waals surface area contributed by atoms with Crippen molar-refractivity contribution in [3.8, 4) is 17.1 Å². The van der Waals surface area contributed by atoms with Crippen LogP contribution in [-0.2, 0) is 0 Å². The third kappa shape index (κ3) is 4.76. The van der Waals surface area contributed by atoms with Crippen molar-refractivity contribution in [3.05, 3.63) is 121 Å². The van der Waals surface area contributed by atoms with E-state index in [1.54, 1.807) is 0 Å². The van der Waals surface area contributed by atoms with Crippen LogP contribution in [0.2, 0.25) is 0 Å². The highest BCUT2D eigenvalue weighted by Gasteiger charge is 2.25. The van der Waals surface area contributed by atoms with Gasteiger partial charge in [0.2, 0.25) is 5.88 Å². The van der Waals surface area contributed by atoms with Gasteiger partial charge in [-0.15, -0.1) is 10.2 Å². The van der Waals surface area contributed by atoms with Crippen LogP contribution in [-0.4, -0.2) is 16.3 Å². The number of fused-ring (bicyclic) bond motifs is 2. The summed E-state index contributed by atoms with van der Waals surface area (Å²) in [7, 11) is -0.840. The minimum absolute atomic E-state index is 0.217. The number of hydrogen-bond donors (Lipinski definition) is 0. The lowest BCUT2D eigenvalue weighted by Gasteiger charge is -2.25. The lowest BCUT2D eigenvalue weighted by molar-refractivity contribution is 0.149. The van der Waals surface area contributed by atoms with Gasteiger partial charge in [-0.2, -0.15) is 0 Å². The Kier molecular flexibility index (Phi) is 6.98. The number of ether oxygens (including phenoxy) is 1. The number of rotatable bonds is 6. The Bertz CT molecular complexity index is 1730. The molecular formula is C36H31N2OP. The van der Waals surface area contributed by atoms with Gasteiger partial charge in [0.25, 0.3) is 0 Å². The average Bonchev–Trinajstić information content (AvgIpc) is 3.03. The van der Waals surface area contributed by atoms with E-state index in [-0.39, 0.29) is 6.10 Å². The Morgan fingerprint density at radius 1 is 0.550 bits per heavy atom. The van der Waals surface area contributed by atoms with Gasteiger partial charge in [-0.3, -0.25) is 0 Å². The van der Waals surface area contributed by atoms with Crippen molar-refractivity contribution >= 4 is 45.4 Å². The molecule has 0 radical (unpaired) electrons. The smallest absolute Gasteiger partial charge is 0.241 e. The van der Waals surface area contributed by atoms with Crippen molar-refractivity contribution in [2.45, 2.75) is 38.2 Å². The summed E-state index contributed by atoms with van der Waals surface area (Å²) in [5.41, 5.74) is 2.07. The molecule has 0 aliphatic heterocycles. The third-order valence-corrected chi connectivity index (χ3v) is 10.4. The number of benzene rings is 5. The first-order valence-electron chi connectivity index (χ1n) is 14.2. The van der Waals surface area contributed by atoms with Gasteiger partial charge >= 0.3 is 0 Å². The second-order valence-corrected chi connectivity index (χ2v) is 12.6. The van der Waals surface area contributed by atoms with Gasteiger partial charge in [-0.05, 0) is 66.4 Å². The molecule has 0 saturated heterocycles. The number of aromatic nitrogens is 2. The molecule has 1 fully saturated rings. The monoisotopic (exact) mass is 538 g/mol. The van der Waals surface area contributed by atoms with Crippen molar-refractivity contribution in [2.75, 3.05) is 0 Å². The summed E-state index contributed by atoms with van der Waals surface area (Å²) in [6.07, 6.45) is 6.12. The van der Waals surface area contributed by atoms with Crippen LogP contribution in [0.3, 0.4) is 0 Å². The van der Waals surface area contributed by atoms with Crippen molar-refractivity contribution in [1.29, 1.82) is 0 Å². The summed E-state index contributed by atoms with van der Waals surface area (Å²) < 4.78 is 6.49. The SMILES string of the molecule is c1ccc(P(c2ccccc2)c2ccc3ccccc3c2-c2nnc(OC3CCCCC3)c3ccccc23)cc1. The van der Waals surface area contributed by atoms with Crippen LogP contribution in [0.15, 0.2) is 121 Å². The van der Waals surface area contributed by atoms with Crippen LogP contribution in [0.4, 0.5) is 0 Å². The van der Waals surface area contributed by atoms with Crippen LogP contribution in [0.1, 0.15) is 32.1 Å². The highest BCUT2D eigenvalue weighted by Crippen LogP contribution is 2.42. The normalized spacial score (nSPS) is 14.1. The van der Waals surface area contributed by atoms with E-state index in [0.29, 0.717) is 5.88 Å². The summed E-state index contributed by atoms with van der Waals surface area (Å²) in [5, 5.41) is 18.1. The molecule has 0 unspecified atom stereocenters. The molecule has 4 heteroatoms. The molecule has 5 aromatic carbocycles. The second-order valence-electron chi connectivity index (χ2n) is 10.5. The lowest BCUT2D eigenvalue weighted by Crippen LogP contribution is -2.23. The predicted molar refractivity (Wildman–Crippen MR) is 169 cm³/mol. The first-order chi connectivity index (χ1) is 19.9. The maximum absolute atomic E-state index is 6.49. The first kappa shape index (κ1) is 24.9. The van der Waals surface area contributed by atoms with E-state index < -0.39 is 7.92 Å². The fraction of sp³-hybridized carbons (Fsp3) is 0.167. The van der Waals surface area contributed by atoms with Gasteiger partial charge in [0.05, 0.1) is 0 Å². The van der Waals surface area contributed by atoms with Crippen LogP contribution in [0.5, 0.6) is 5.88 Å². The van der Waals surface area contributed by atoms with Crippen LogP contribution in [0, 0.1) is 0 Å². The van der Waals surface area contributed by atoms with Gasteiger partial charge in [-0.25, -0.2) is 0 Å². The predicted octanol–water partition coefficient (Wildman–Crippen LogP) is 7.92. The number of nitrogens with zero attached hydrogens (tertiary/aromatic N) is 2. The van der Waals surface area contributed by atoms with E-state index in [0.717, 1.165) is 34.9 Å². The molecule has 0 bridgehead atoms. The van der Waals surface area contributed by atoms with E-state index in [9.17, 15) is 0 Å². The van der Waals surface area contributed by atoms with Crippen molar-refractivity contribution in [1.82, 2.24) is 10.2 Å². The molecule has 1 heterocycles. The Morgan fingerprint density at radius 2 is 1.15 bits per heavy atom. The summed E-state index contributed by atoms with van der Waals surface area (Å²) in [5.74, 6) is 0.654. The fourth-order valence-corrected chi connectivity index (χ4v) is 8.44. The zero-order valence-electron chi connectivity index (χ0n) is 22.4. The highest BCUT2D eigenvalue weighted by atomic mass is 31.1. The maximum atomic E-state index is 6.49. The molecule has 1 saturated carbocycles. The van der Waals surface area contributed by atoms with Gasteiger partial charge in [0.15, 0.2) is 0 Å². The highest BCUT2D eigenvalue weighted by molar-refractivity contribution is 7.80. The minimum atomic E-state index is -0.840. The fourth-order valence-electron chi connectivity index (χ4n) is 5.97. The van der Waals surface area contributed by atoms with Gasteiger partial charge in [0, 0.05) is 16.3 Å². The summed E-state index contributed by atoms with van der Waals surface area (Å²) >= 11 is 0. The Hall–Kier alpha value is -4.07. The Morgan fingerprint density at radius 3 is 1.85 bits per heavy atom. The molecule has 1 aromatic heterocycles. The first-order valence-corrected chi connectivity index (χ1v) is 15.6. The van der Waals surface area contributed by atoms with E-state index >= 15 is 0 Å². The molecule has 6 aromatic rings. The largest absolute Gasteiger partial charge is 0.473 e. The molecule has 1 aliphatic rings. The molecule has 7 rings (SSSR count). The molecule has 0 atom stereocenters. The molecule has 0 N–H and O–H groups in total. The molecule has 40 heavy (non-hydrogen) atoms. The second kappa shape index (κ2) is 11.2. The van der Waals surface area contributed by atoms with Gasteiger partial charge < -0.3 is 4.74 Å². The molecule has 3 nitrogen and oxygen atoms in total. The molecule has 0 amide bonds. The van der Waals surface area contributed by atoms with Gasteiger partial charge in [-0.1, -0.05) is 122 Å². The molecule has 1 aliphatic carbocycles. The topological polar surface area (TPSA) is 35.0 Å². The summed E-state index contributed by atoms with van der Waals surface area (Å²) in [4.78, 5) is 0. The van der Waals surface area contributed by atoms with Crippen molar-refractivity contribution in [3.63, 3.8) is 0 Å². The molecule has 0 spiro atoms. The summed E-state index contributed by atoms with van der Waals surface area (Å²) in [6.45, 7) is 0. The number of hydrogen-bond acceptors (Lipinski definition) is 3. The maximum Gasteiger partial charge on any atom is 0.241 e. The van der Waals surface area contributed by atoms with E-state index in [1.165, 1.54) is 45.9 Å². The van der Waals surface area contributed by atoms with Crippen LogP contribution < -0.4 is 20.7 Å². The van der Waals surface area contributed by atoms with E-state index in [2.05, 4.69) is 121 Å². The zero-order valence-corrected chi connectivity index (χ0v) is 23.3. The Balaban J connectivity index is 1.48. The lowest BCUT2D eigenvalue weighted by atomic mass is 9.97. The third-order valence-electron chi connectivity index (χ3n) is 7.90. The van der Waals surface area contributed by atoms with E-state index in [1.807, 2.05) is 0 Å². The van der Waals surface area contributed by atoms with E-state index in [4.69, 9.17) is 14.9 Å². The summed E-state index contributed by atoms with van der Waals surface area (Å²) in [6, 6.07) is 43.4. The zero-order chi connectivity index (χ0) is 26.7. The quantitative estimate of drug-likeness (QED) is 0.202.